The van der Waals surface area contributed by atoms with Gasteiger partial charge in [0.15, 0.2) is 0 Å². The minimum Gasteiger partial charge on any atom is -0.497 e. The van der Waals surface area contributed by atoms with Gasteiger partial charge in [-0.05, 0) is 66.8 Å². The van der Waals surface area contributed by atoms with E-state index in [1.165, 1.54) is 56.9 Å². The van der Waals surface area contributed by atoms with Crippen LogP contribution in [0.3, 0.4) is 0 Å². The molecule has 0 aromatic heterocycles. The van der Waals surface area contributed by atoms with Crippen molar-refractivity contribution in [2.24, 2.45) is 5.92 Å². The van der Waals surface area contributed by atoms with Crippen molar-refractivity contribution in [2.45, 2.75) is 64.2 Å². The summed E-state index contributed by atoms with van der Waals surface area (Å²) < 4.78 is 19.9. The molecular weight excluding hydrogens is 323 g/mol. The standard InChI is InChI=1S/C24H31FO/c1-3-4-5-6-18-7-9-19(10-8-18)21-13-16-23(24(25)17-21)20-11-14-22(26-2)15-12-20/h11-19H,3-10H2,1-2H3. The van der Waals surface area contributed by atoms with Gasteiger partial charge in [-0.3, -0.25) is 0 Å². The molecule has 26 heavy (non-hydrogen) atoms. The molecule has 0 N–H and O–H groups in total. The highest BCUT2D eigenvalue weighted by Crippen LogP contribution is 2.39. The molecule has 0 atom stereocenters. The molecule has 140 valence electrons. The van der Waals surface area contributed by atoms with Crippen molar-refractivity contribution in [1.82, 2.24) is 0 Å². The number of benzene rings is 2. The van der Waals surface area contributed by atoms with Crippen molar-refractivity contribution < 1.29 is 9.13 Å². The molecule has 2 aromatic rings. The molecule has 1 aliphatic rings. The summed E-state index contributed by atoms with van der Waals surface area (Å²) >= 11 is 0. The molecule has 0 unspecified atom stereocenters. The van der Waals surface area contributed by atoms with Crippen molar-refractivity contribution in [3.8, 4) is 16.9 Å². The molecule has 1 aliphatic carbocycles. The number of hydrogen-bond acceptors (Lipinski definition) is 1. The van der Waals surface area contributed by atoms with Gasteiger partial charge in [-0.25, -0.2) is 4.39 Å². The van der Waals surface area contributed by atoms with E-state index < -0.39 is 0 Å². The molecule has 1 fully saturated rings. The van der Waals surface area contributed by atoms with E-state index in [0.29, 0.717) is 11.5 Å². The Hall–Kier alpha value is -1.83. The predicted octanol–water partition coefficient (Wildman–Crippen LogP) is 7.36. The summed E-state index contributed by atoms with van der Waals surface area (Å²) in [5, 5.41) is 0. The maximum atomic E-state index is 14.7. The average Bonchev–Trinajstić information content (AvgIpc) is 2.69. The fourth-order valence-electron chi connectivity index (χ4n) is 4.26. The highest BCUT2D eigenvalue weighted by Gasteiger charge is 2.22. The monoisotopic (exact) mass is 354 g/mol. The van der Waals surface area contributed by atoms with Gasteiger partial charge in [-0.15, -0.1) is 0 Å². The highest BCUT2D eigenvalue weighted by atomic mass is 19.1. The second-order valence-electron chi connectivity index (χ2n) is 7.68. The first-order valence-corrected chi connectivity index (χ1v) is 10.1. The van der Waals surface area contributed by atoms with Crippen LogP contribution in [0.25, 0.3) is 11.1 Å². The number of hydrogen-bond donors (Lipinski definition) is 0. The van der Waals surface area contributed by atoms with Crippen LogP contribution < -0.4 is 4.74 Å². The van der Waals surface area contributed by atoms with E-state index in [0.717, 1.165) is 17.2 Å². The van der Waals surface area contributed by atoms with E-state index in [2.05, 4.69) is 13.0 Å². The third-order valence-electron chi connectivity index (χ3n) is 5.93. The summed E-state index contributed by atoms with van der Waals surface area (Å²) in [4.78, 5) is 0. The smallest absolute Gasteiger partial charge is 0.131 e. The number of unbranched alkanes of at least 4 members (excludes halogenated alkanes) is 2. The van der Waals surface area contributed by atoms with E-state index in [-0.39, 0.29) is 5.82 Å². The Morgan fingerprint density at radius 3 is 2.31 bits per heavy atom. The fraction of sp³-hybridized carbons (Fsp3) is 0.500. The Labute approximate surface area is 157 Å². The highest BCUT2D eigenvalue weighted by molar-refractivity contribution is 5.65. The first kappa shape index (κ1) is 18.9. The maximum Gasteiger partial charge on any atom is 0.131 e. The van der Waals surface area contributed by atoms with Crippen LogP contribution in [-0.2, 0) is 0 Å². The molecule has 0 bridgehead atoms. The van der Waals surface area contributed by atoms with Crippen molar-refractivity contribution in [3.63, 3.8) is 0 Å². The van der Waals surface area contributed by atoms with Crippen LogP contribution in [0.5, 0.6) is 5.75 Å². The number of ether oxygens (including phenoxy) is 1. The molecule has 0 aliphatic heterocycles. The van der Waals surface area contributed by atoms with Crippen LogP contribution in [0.4, 0.5) is 4.39 Å². The SMILES string of the molecule is CCCCCC1CCC(c2ccc(-c3ccc(OC)cc3)c(F)c2)CC1. The van der Waals surface area contributed by atoms with E-state index in [1.807, 2.05) is 30.3 Å². The molecular formula is C24H31FO. The van der Waals surface area contributed by atoms with Gasteiger partial charge in [0.2, 0.25) is 0 Å². The zero-order valence-corrected chi connectivity index (χ0v) is 16.1. The first-order valence-electron chi connectivity index (χ1n) is 10.1. The quantitative estimate of drug-likeness (QED) is 0.472. The van der Waals surface area contributed by atoms with Crippen molar-refractivity contribution in [2.75, 3.05) is 7.11 Å². The predicted molar refractivity (Wildman–Crippen MR) is 107 cm³/mol. The maximum absolute atomic E-state index is 14.7. The first-order chi connectivity index (χ1) is 12.7. The number of methoxy groups -OCH3 is 1. The van der Waals surface area contributed by atoms with Crippen molar-refractivity contribution in [1.29, 1.82) is 0 Å². The molecule has 1 nitrogen and oxygen atoms in total. The Morgan fingerprint density at radius 2 is 1.69 bits per heavy atom. The minimum absolute atomic E-state index is 0.113. The number of rotatable bonds is 7. The van der Waals surface area contributed by atoms with E-state index in [9.17, 15) is 4.39 Å². The molecule has 0 heterocycles. The summed E-state index contributed by atoms with van der Waals surface area (Å²) in [5.74, 6) is 2.09. The molecule has 2 aromatic carbocycles. The van der Waals surface area contributed by atoms with Gasteiger partial charge >= 0.3 is 0 Å². The number of halogens is 1. The lowest BCUT2D eigenvalue weighted by Gasteiger charge is -2.29. The van der Waals surface area contributed by atoms with Crippen LogP contribution in [0.2, 0.25) is 0 Å². The third-order valence-corrected chi connectivity index (χ3v) is 5.93. The zero-order valence-electron chi connectivity index (χ0n) is 16.1. The van der Waals surface area contributed by atoms with Gasteiger partial charge in [-0.2, -0.15) is 0 Å². The summed E-state index contributed by atoms with van der Waals surface area (Å²) in [7, 11) is 1.64. The lowest BCUT2D eigenvalue weighted by molar-refractivity contribution is 0.302. The van der Waals surface area contributed by atoms with Gasteiger partial charge in [0.25, 0.3) is 0 Å². The minimum atomic E-state index is -0.113. The molecule has 0 amide bonds. The van der Waals surface area contributed by atoms with E-state index >= 15 is 0 Å². The molecule has 0 spiro atoms. The average molecular weight is 355 g/mol. The van der Waals surface area contributed by atoms with Crippen molar-refractivity contribution in [3.05, 3.63) is 53.8 Å². The summed E-state index contributed by atoms with van der Waals surface area (Å²) in [6, 6.07) is 13.4. The lowest BCUT2D eigenvalue weighted by atomic mass is 9.77. The summed E-state index contributed by atoms with van der Waals surface area (Å²) in [5.41, 5.74) is 2.74. The molecule has 0 saturated heterocycles. The topological polar surface area (TPSA) is 9.23 Å². The Kier molecular flexibility index (Phi) is 6.71. The van der Waals surface area contributed by atoms with E-state index in [4.69, 9.17) is 4.74 Å². The second-order valence-corrected chi connectivity index (χ2v) is 7.68. The Bertz CT molecular complexity index is 684. The van der Waals surface area contributed by atoms with Gasteiger partial charge < -0.3 is 4.74 Å². The van der Waals surface area contributed by atoms with Gasteiger partial charge in [0.05, 0.1) is 7.11 Å². The fourth-order valence-corrected chi connectivity index (χ4v) is 4.26. The van der Waals surface area contributed by atoms with Crippen LogP contribution in [0, 0.1) is 11.7 Å². The summed E-state index contributed by atoms with van der Waals surface area (Å²) in [6.45, 7) is 2.26. The van der Waals surface area contributed by atoms with Gasteiger partial charge in [0.1, 0.15) is 11.6 Å². The molecule has 3 rings (SSSR count). The Balaban J connectivity index is 1.62. The Morgan fingerprint density at radius 1 is 0.962 bits per heavy atom. The molecule has 0 radical (unpaired) electrons. The summed E-state index contributed by atoms with van der Waals surface area (Å²) in [6.07, 6.45) is 10.4. The van der Waals surface area contributed by atoms with Crippen LogP contribution in [-0.4, -0.2) is 7.11 Å². The largest absolute Gasteiger partial charge is 0.497 e. The normalized spacial score (nSPS) is 20.1. The van der Waals surface area contributed by atoms with Crippen LogP contribution >= 0.6 is 0 Å². The van der Waals surface area contributed by atoms with Gasteiger partial charge in [-0.1, -0.05) is 56.9 Å². The van der Waals surface area contributed by atoms with E-state index in [1.54, 1.807) is 13.2 Å². The van der Waals surface area contributed by atoms with Crippen LogP contribution in [0.1, 0.15) is 69.8 Å². The van der Waals surface area contributed by atoms with Crippen LogP contribution in [0.15, 0.2) is 42.5 Å². The zero-order chi connectivity index (χ0) is 18.4. The van der Waals surface area contributed by atoms with Crippen molar-refractivity contribution >= 4 is 0 Å². The van der Waals surface area contributed by atoms with Gasteiger partial charge in [0, 0.05) is 5.56 Å². The lowest BCUT2D eigenvalue weighted by Crippen LogP contribution is -2.13. The third kappa shape index (κ3) is 4.66. The second kappa shape index (κ2) is 9.21. The molecule has 2 heteroatoms. The molecule has 1 saturated carbocycles.